The number of carboxylic acid groups (broad SMARTS) is 1. The number of carboxylic acids is 1. The van der Waals surface area contributed by atoms with Gasteiger partial charge in [0.15, 0.2) is 5.82 Å². The molecule has 0 bridgehead atoms. The maximum absolute atomic E-state index is 11.9. The topological polar surface area (TPSA) is 105 Å². The van der Waals surface area contributed by atoms with E-state index in [9.17, 15) is 9.59 Å². The van der Waals surface area contributed by atoms with Crippen LogP contribution in [0, 0.1) is 12.8 Å². The van der Waals surface area contributed by atoms with Crippen LogP contribution < -0.4 is 5.32 Å². The molecular weight excluding hydrogens is 262 g/mol. The van der Waals surface area contributed by atoms with Crippen LogP contribution in [0.15, 0.2) is 4.52 Å². The lowest BCUT2D eigenvalue weighted by Crippen LogP contribution is -2.45. The van der Waals surface area contributed by atoms with E-state index in [1.807, 2.05) is 0 Å². The van der Waals surface area contributed by atoms with Crippen LogP contribution in [0.5, 0.6) is 0 Å². The number of rotatable bonds is 5. The first-order valence-electron chi connectivity index (χ1n) is 6.87. The number of nitrogens with zero attached hydrogens (tertiary/aromatic N) is 2. The second-order valence-corrected chi connectivity index (χ2v) is 5.14. The Morgan fingerprint density at radius 1 is 1.40 bits per heavy atom. The van der Waals surface area contributed by atoms with Crippen molar-refractivity contribution in [2.24, 2.45) is 5.92 Å². The predicted molar refractivity (Wildman–Crippen MR) is 68.9 cm³/mol. The van der Waals surface area contributed by atoms with Gasteiger partial charge in [0.1, 0.15) is 0 Å². The molecule has 1 aromatic heterocycles. The zero-order valence-electron chi connectivity index (χ0n) is 11.5. The minimum absolute atomic E-state index is 0.168. The van der Waals surface area contributed by atoms with E-state index < -0.39 is 11.9 Å². The van der Waals surface area contributed by atoms with Crippen molar-refractivity contribution < 1.29 is 19.2 Å². The first kappa shape index (κ1) is 14.5. The fourth-order valence-corrected chi connectivity index (χ4v) is 2.54. The van der Waals surface area contributed by atoms with Gasteiger partial charge in [0.2, 0.25) is 11.8 Å². The standard InChI is InChI=1S/C13H19N3O4/c1-8-14-12(20-16-8)7-6-11(17)15-10-5-3-2-4-9(10)13(18)19/h9-10H,2-7H2,1H3,(H,15,17)(H,18,19). The van der Waals surface area contributed by atoms with Crippen molar-refractivity contribution in [2.45, 2.75) is 51.5 Å². The molecule has 1 aliphatic carbocycles. The van der Waals surface area contributed by atoms with Crippen LogP contribution in [0.1, 0.15) is 43.8 Å². The third-order valence-electron chi connectivity index (χ3n) is 3.57. The first-order valence-corrected chi connectivity index (χ1v) is 6.87. The van der Waals surface area contributed by atoms with Gasteiger partial charge in [-0.3, -0.25) is 9.59 Å². The summed E-state index contributed by atoms with van der Waals surface area (Å²) in [7, 11) is 0. The van der Waals surface area contributed by atoms with Crippen molar-refractivity contribution in [2.75, 3.05) is 0 Å². The van der Waals surface area contributed by atoms with E-state index in [0.717, 1.165) is 19.3 Å². The lowest BCUT2D eigenvalue weighted by Gasteiger charge is -2.29. The molecule has 2 N–H and O–H groups in total. The zero-order valence-corrected chi connectivity index (χ0v) is 11.5. The number of nitrogens with one attached hydrogen (secondary N) is 1. The van der Waals surface area contributed by atoms with Crippen LogP contribution in [0.4, 0.5) is 0 Å². The highest BCUT2D eigenvalue weighted by atomic mass is 16.5. The van der Waals surface area contributed by atoms with E-state index in [1.54, 1.807) is 6.92 Å². The van der Waals surface area contributed by atoms with Gasteiger partial charge in [-0.2, -0.15) is 4.98 Å². The number of aryl methyl sites for hydroxylation is 2. The van der Waals surface area contributed by atoms with Gasteiger partial charge in [-0.25, -0.2) is 0 Å². The average Bonchev–Trinajstić information content (AvgIpc) is 2.83. The molecule has 1 saturated carbocycles. The van der Waals surface area contributed by atoms with E-state index in [-0.39, 0.29) is 18.4 Å². The van der Waals surface area contributed by atoms with Crippen LogP contribution in [-0.2, 0) is 16.0 Å². The molecule has 1 aromatic rings. The number of amides is 1. The minimum Gasteiger partial charge on any atom is -0.481 e. The minimum atomic E-state index is -0.831. The number of hydrogen-bond acceptors (Lipinski definition) is 5. The van der Waals surface area contributed by atoms with Gasteiger partial charge in [0, 0.05) is 18.9 Å². The van der Waals surface area contributed by atoms with Crippen molar-refractivity contribution in [3.05, 3.63) is 11.7 Å². The molecule has 1 fully saturated rings. The molecule has 110 valence electrons. The summed E-state index contributed by atoms with van der Waals surface area (Å²) in [5.74, 6) is -0.505. The van der Waals surface area contributed by atoms with Crippen molar-refractivity contribution in [3.63, 3.8) is 0 Å². The van der Waals surface area contributed by atoms with Crippen molar-refractivity contribution in [1.29, 1.82) is 0 Å². The summed E-state index contributed by atoms with van der Waals surface area (Å²) < 4.78 is 4.93. The molecule has 0 spiro atoms. The Morgan fingerprint density at radius 3 is 2.80 bits per heavy atom. The highest BCUT2D eigenvalue weighted by molar-refractivity contribution is 5.78. The summed E-state index contributed by atoms with van der Waals surface area (Å²) in [5.41, 5.74) is 0. The summed E-state index contributed by atoms with van der Waals surface area (Å²) in [6.45, 7) is 1.71. The Hall–Kier alpha value is -1.92. The zero-order chi connectivity index (χ0) is 14.5. The van der Waals surface area contributed by atoms with Gasteiger partial charge in [-0.1, -0.05) is 18.0 Å². The van der Waals surface area contributed by atoms with Gasteiger partial charge in [-0.05, 0) is 19.8 Å². The number of carbonyl (C=O) groups excluding carboxylic acids is 1. The molecule has 7 heteroatoms. The quantitative estimate of drug-likeness (QED) is 0.836. The van der Waals surface area contributed by atoms with Crippen molar-refractivity contribution in [3.8, 4) is 0 Å². The highest BCUT2D eigenvalue weighted by Gasteiger charge is 2.31. The summed E-state index contributed by atoms with van der Waals surface area (Å²) in [6.07, 6.45) is 3.81. The molecule has 20 heavy (non-hydrogen) atoms. The van der Waals surface area contributed by atoms with E-state index in [2.05, 4.69) is 15.5 Å². The fourth-order valence-electron chi connectivity index (χ4n) is 2.54. The molecule has 0 aromatic carbocycles. The molecule has 1 heterocycles. The lowest BCUT2D eigenvalue weighted by atomic mass is 9.84. The Kier molecular flexibility index (Phi) is 4.70. The van der Waals surface area contributed by atoms with Crippen LogP contribution in [0.3, 0.4) is 0 Å². The normalized spacial score (nSPS) is 22.4. The van der Waals surface area contributed by atoms with Crippen molar-refractivity contribution in [1.82, 2.24) is 15.5 Å². The number of carbonyl (C=O) groups is 2. The van der Waals surface area contributed by atoms with Crippen molar-refractivity contribution >= 4 is 11.9 Å². The molecule has 2 unspecified atom stereocenters. The molecule has 0 aliphatic heterocycles. The fraction of sp³-hybridized carbons (Fsp3) is 0.692. The second kappa shape index (κ2) is 6.49. The summed E-state index contributed by atoms with van der Waals surface area (Å²) in [6, 6.07) is -0.266. The van der Waals surface area contributed by atoms with Crippen LogP contribution in [0.25, 0.3) is 0 Å². The Labute approximate surface area is 116 Å². The summed E-state index contributed by atoms with van der Waals surface area (Å²) >= 11 is 0. The van der Waals surface area contributed by atoms with Gasteiger partial charge in [0.25, 0.3) is 0 Å². The summed E-state index contributed by atoms with van der Waals surface area (Å²) in [4.78, 5) is 27.0. The average molecular weight is 281 g/mol. The molecule has 2 rings (SSSR count). The monoisotopic (exact) mass is 281 g/mol. The second-order valence-electron chi connectivity index (χ2n) is 5.14. The largest absolute Gasteiger partial charge is 0.481 e. The molecule has 0 radical (unpaired) electrons. The van der Waals surface area contributed by atoms with Gasteiger partial charge in [0.05, 0.1) is 5.92 Å². The number of aliphatic carboxylic acids is 1. The Morgan fingerprint density at radius 2 is 2.15 bits per heavy atom. The number of aromatic nitrogens is 2. The van der Waals surface area contributed by atoms with E-state index in [1.165, 1.54) is 0 Å². The molecule has 7 nitrogen and oxygen atoms in total. The Bertz CT molecular complexity index is 486. The first-order chi connectivity index (χ1) is 9.56. The lowest BCUT2D eigenvalue weighted by molar-refractivity contribution is -0.144. The molecule has 0 saturated heterocycles. The Balaban J connectivity index is 1.82. The molecular formula is C13H19N3O4. The van der Waals surface area contributed by atoms with Crippen LogP contribution >= 0.6 is 0 Å². The van der Waals surface area contributed by atoms with Gasteiger partial charge in [-0.15, -0.1) is 0 Å². The van der Waals surface area contributed by atoms with Gasteiger partial charge >= 0.3 is 5.97 Å². The van der Waals surface area contributed by atoms with E-state index in [4.69, 9.17) is 9.63 Å². The third-order valence-corrected chi connectivity index (χ3v) is 3.57. The number of hydrogen-bond donors (Lipinski definition) is 2. The summed E-state index contributed by atoms with van der Waals surface area (Å²) in [5, 5.41) is 15.6. The highest BCUT2D eigenvalue weighted by Crippen LogP contribution is 2.24. The maximum Gasteiger partial charge on any atom is 0.308 e. The molecule has 1 aliphatic rings. The predicted octanol–water partition coefficient (Wildman–Crippen LogP) is 1.07. The van der Waals surface area contributed by atoms with Gasteiger partial charge < -0.3 is 14.9 Å². The maximum atomic E-state index is 11.9. The third kappa shape index (κ3) is 3.79. The van der Waals surface area contributed by atoms with Crippen LogP contribution in [-0.4, -0.2) is 33.2 Å². The van der Waals surface area contributed by atoms with E-state index in [0.29, 0.717) is 24.6 Å². The molecule has 1 amide bonds. The SMILES string of the molecule is Cc1noc(CCC(=O)NC2CCCCC2C(=O)O)n1. The molecule has 2 atom stereocenters. The van der Waals surface area contributed by atoms with E-state index >= 15 is 0 Å². The smallest absolute Gasteiger partial charge is 0.308 e. The van der Waals surface area contributed by atoms with Crippen LogP contribution in [0.2, 0.25) is 0 Å².